The fourth-order valence-electron chi connectivity index (χ4n) is 3.89. The van der Waals surface area contributed by atoms with Gasteiger partial charge in [0.05, 0.1) is 29.4 Å². The molecule has 1 aliphatic heterocycles. The van der Waals surface area contributed by atoms with Crippen LogP contribution in [-0.2, 0) is 10.0 Å². The summed E-state index contributed by atoms with van der Waals surface area (Å²) in [5, 5.41) is 0.864. The Kier molecular flexibility index (Phi) is 4.77. The minimum Gasteiger partial charge on any atom is -0.495 e. The van der Waals surface area contributed by atoms with Gasteiger partial charge in [-0.25, -0.2) is 21.7 Å². The zero-order valence-corrected chi connectivity index (χ0v) is 18.5. The van der Waals surface area contributed by atoms with E-state index in [9.17, 15) is 18.0 Å². The summed E-state index contributed by atoms with van der Waals surface area (Å²) in [7, 11) is -3.14. The topological polar surface area (TPSA) is 85.7 Å². The van der Waals surface area contributed by atoms with E-state index in [0.717, 1.165) is 16.1 Å². The molecule has 0 spiro atoms. The van der Waals surface area contributed by atoms with Crippen molar-refractivity contribution in [3.05, 3.63) is 88.8 Å². The van der Waals surface area contributed by atoms with Crippen LogP contribution < -0.4 is 9.64 Å². The van der Waals surface area contributed by atoms with Gasteiger partial charge in [-0.1, -0.05) is 29.8 Å². The number of halogens is 2. The van der Waals surface area contributed by atoms with Gasteiger partial charge in [-0.15, -0.1) is 0 Å². The van der Waals surface area contributed by atoms with Crippen LogP contribution >= 0.6 is 11.6 Å². The molecule has 0 N–H and O–H groups in total. The van der Waals surface area contributed by atoms with Crippen LogP contribution in [0.25, 0.3) is 10.9 Å². The highest BCUT2D eigenvalue weighted by Crippen LogP contribution is 2.37. The van der Waals surface area contributed by atoms with Crippen LogP contribution in [0.2, 0.25) is 5.02 Å². The predicted octanol–water partition coefficient (Wildman–Crippen LogP) is 4.48. The molecule has 2 amide bonds. The number of ether oxygens (including phenoxy) is 1. The third-order valence-electron chi connectivity index (χ3n) is 5.45. The van der Waals surface area contributed by atoms with Crippen molar-refractivity contribution in [2.24, 2.45) is 0 Å². The molecule has 3 aromatic carbocycles. The lowest BCUT2D eigenvalue weighted by Gasteiger charge is -2.18. The minimum absolute atomic E-state index is 0.105. The lowest BCUT2D eigenvalue weighted by molar-refractivity contribution is 0.0924. The number of amides is 2. The van der Waals surface area contributed by atoms with Gasteiger partial charge < -0.3 is 4.74 Å². The van der Waals surface area contributed by atoms with E-state index in [1.807, 2.05) is 0 Å². The molecule has 0 aliphatic carbocycles. The molecule has 5 rings (SSSR count). The first-order valence-corrected chi connectivity index (χ1v) is 11.4. The number of rotatable bonds is 4. The lowest BCUT2D eigenvalue weighted by Crippen LogP contribution is -2.30. The summed E-state index contributed by atoms with van der Waals surface area (Å²) in [5.41, 5.74) is 0.0209. The third kappa shape index (κ3) is 3.04. The molecule has 0 unspecified atom stereocenters. The Hall–Kier alpha value is -3.69. The Morgan fingerprint density at radius 3 is 2.24 bits per heavy atom. The smallest absolute Gasteiger partial charge is 0.271 e. The Morgan fingerprint density at radius 1 is 0.939 bits per heavy atom. The number of fused-ring (bicyclic) bond motifs is 2. The van der Waals surface area contributed by atoms with Crippen LogP contribution in [0.15, 0.2) is 71.8 Å². The first-order chi connectivity index (χ1) is 15.8. The SMILES string of the molecule is COc1cc(F)c(N2C(=O)c3ccccc3C2=O)cc1S(=O)(=O)n1ccc2c(Cl)cccc21. The molecular weight excluding hydrogens is 471 g/mol. The standard InChI is InChI=1S/C23H14ClFN2O5S/c1-32-20-11-17(25)19(27-22(28)13-5-2-3-6-14(13)23(27)29)12-21(20)33(30,31)26-10-9-15-16(24)7-4-8-18(15)26/h2-12H,1H3. The molecule has 0 saturated carbocycles. The second-order valence-corrected chi connectivity index (χ2v) is 9.43. The number of carbonyl (C=O) groups excluding carboxylic acids is 2. The molecule has 0 saturated heterocycles. The number of hydrogen-bond acceptors (Lipinski definition) is 5. The summed E-state index contributed by atoms with van der Waals surface area (Å²) in [5.74, 6) is -2.76. The highest BCUT2D eigenvalue weighted by molar-refractivity contribution is 7.90. The summed E-state index contributed by atoms with van der Waals surface area (Å²) in [6.07, 6.45) is 1.32. The van der Waals surface area contributed by atoms with Crippen molar-refractivity contribution in [3.63, 3.8) is 0 Å². The van der Waals surface area contributed by atoms with Gasteiger partial charge in [0.2, 0.25) is 0 Å². The maximum Gasteiger partial charge on any atom is 0.271 e. The van der Waals surface area contributed by atoms with Crippen molar-refractivity contribution < 1.29 is 27.1 Å². The quantitative estimate of drug-likeness (QED) is 0.399. The van der Waals surface area contributed by atoms with E-state index in [1.54, 1.807) is 30.3 Å². The zero-order valence-electron chi connectivity index (χ0n) is 17.0. The molecule has 0 radical (unpaired) electrons. The van der Waals surface area contributed by atoms with Crippen molar-refractivity contribution in [2.45, 2.75) is 4.90 Å². The Bertz CT molecular complexity index is 1560. The number of hydrogen-bond donors (Lipinski definition) is 0. The monoisotopic (exact) mass is 484 g/mol. The van der Waals surface area contributed by atoms with Gasteiger partial charge in [0.1, 0.15) is 10.6 Å². The second-order valence-electron chi connectivity index (χ2n) is 7.24. The Morgan fingerprint density at radius 2 is 1.61 bits per heavy atom. The van der Waals surface area contributed by atoms with E-state index in [4.69, 9.17) is 16.3 Å². The fourth-order valence-corrected chi connectivity index (χ4v) is 5.63. The molecule has 2 heterocycles. The van der Waals surface area contributed by atoms with E-state index >= 15 is 4.39 Å². The number of benzene rings is 3. The van der Waals surface area contributed by atoms with Crippen LogP contribution in [0.4, 0.5) is 10.1 Å². The van der Waals surface area contributed by atoms with Crippen molar-refractivity contribution in [3.8, 4) is 5.75 Å². The van der Waals surface area contributed by atoms with Crippen molar-refractivity contribution >= 4 is 50.0 Å². The predicted molar refractivity (Wildman–Crippen MR) is 120 cm³/mol. The number of methoxy groups -OCH3 is 1. The highest BCUT2D eigenvalue weighted by Gasteiger charge is 2.39. The van der Waals surface area contributed by atoms with Crippen LogP contribution in [0.3, 0.4) is 0 Å². The summed E-state index contributed by atoms with van der Waals surface area (Å²) in [6, 6.07) is 14.2. The number of nitrogens with zero attached hydrogens (tertiary/aromatic N) is 2. The van der Waals surface area contributed by atoms with E-state index in [2.05, 4.69) is 0 Å². The maximum absolute atomic E-state index is 15.0. The van der Waals surface area contributed by atoms with Crippen LogP contribution in [0, 0.1) is 5.82 Å². The van der Waals surface area contributed by atoms with Crippen LogP contribution in [-0.4, -0.2) is 31.3 Å². The molecule has 10 heteroatoms. The summed E-state index contributed by atoms with van der Waals surface area (Å²) in [6.45, 7) is 0. The first-order valence-electron chi connectivity index (χ1n) is 9.62. The summed E-state index contributed by atoms with van der Waals surface area (Å²) in [4.78, 5) is 25.9. The average Bonchev–Trinajstić information content (AvgIpc) is 3.35. The molecule has 1 aliphatic rings. The lowest BCUT2D eigenvalue weighted by atomic mass is 10.1. The second kappa shape index (κ2) is 7.43. The summed E-state index contributed by atoms with van der Waals surface area (Å²) < 4.78 is 48.3. The molecule has 7 nitrogen and oxygen atoms in total. The van der Waals surface area contributed by atoms with Gasteiger partial charge in [0.25, 0.3) is 21.8 Å². The van der Waals surface area contributed by atoms with E-state index in [1.165, 1.54) is 31.5 Å². The van der Waals surface area contributed by atoms with E-state index < -0.39 is 38.2 Å². The van der Waals surface area contributed by atoms with Gasteiger partial charge in [-0.2, -0.15) is 0 Å². The third-order valence-corrected chi connectivity index (χ3v) is 7.49. The largest absolute Gasteiger partial charge is 0.495 e. The molecule has 33 heavy (non-hydrogen) atoms. The van der Waals surface area contributed by atoms with Crippen LogP contribution in [0.5, 0.6) is 5.75 Å². The molecular formula is C23H14ClFN2O5S. The van der Waals surface area contributed by atoms with Gasteiger partial charge >= 0.3 is 0 Å². The normalized spacial score (nSPS) is 13.6. The minimum atomic E-state index is -4.34. The number of carbonyl (C=O) groups is 2. The van der Waals surface area contributed by atoms with Gasteiger partial charge in [-0.05, 0) is 36.4 Å². The molecule has 0 atom stereocenters. The van der Waals surface area contributed by atoms with Crippen molar-refractivity contribution in [1.82, 2.24) is 3.97 Å². The van der Waals surface area contributed by atoms with Gasteiger partial charge in [0.15, 0.2) is 5.82 Å². The van der Waals surface area contributed by atoms with Crippen molar-refractivity contribution in [1.29, 1.82) is 0 Å². The molecule has 4 aromatic rings. The zero-order chi connectivity index (χ0) is 23.5. The van der Waals surface area contributed by atoms with Gasteiger partial charge in [-0.3, -0.25) is 9.59 Å². The molecule has 166 valence electrons. The summed E-state index contributed by atoms with van der Waals surface area (Å²) >= 11 is 6.17. The average molecular weight is 485 g/mol. The Labute approximate surface area is 192 Å². The van der Waals surface area contributed by atoms with E-state index in [-0.39, 0.29) is 16.9 Å². The molecule has 1 aromatic heterocycles. The highest BCUT2D eigenvalue weighted by atomic mass is 35.5. The first kappa shape index (κ1) is 21.2. The van der Waals surface area contributed by atoms with E-state index in [0.29, 0.717) is 20.8 Å². The fraction of sp³-hybridized carbons (Fsp3) is 0.0435. The number of imide groups is 1. The van der Waals surface area contributed by atoms with Crippen LogP contribution in [0.1, 0.15) is 20.7 Å². The van der Waals surface area contributed by atoms with Gasteiger partial charge in [0, 0.05) is 22.7 Å². The number of aromatic nitrogens is 1. The molecule has 0 fully saturated rings. The van der Waals surface area contributed by atoms with Crippen molar-refractivity contribution in [2.75, 3.05) is 12.0 Å². The maximum atomic E-state index is 15.0. The number of anilines is 1. The Balaban J connectivity index is 1.71. The molecule has 0 bridgehead atoms.